The Bertz CT molecular complexity index is 172. The smallest absolute Gasteiger partial charge is 0.0657 e. The molecule has 2 unspecified atom stereocenters. The van der Waals surface area contributed by atoms with E-state index in [0.29, 0.717) is 6.04 Å². The first-order valence-electron chi connectivity index (χ1n) is 4.50. The zero-order valence-electron chi connectivity index (χ0n) is 7.55. The highest BCUT2D eigenvalue weighted by molar-refractivity contribution is 5.03. The highest BCUT2D eigenvalue weighted by Crippen LogP contribution is 2.28. The molecular weight excluding hydrogens is 154 g/mol. The highest BCUT2D eigenvalue weighted by atomic mass is 16.5. The topological polar surface area (TPSA) is 50.5 Å². The molecule has 4 nitrogen and oxygen atoms in total. The normalized spacial score (nSPS) is 42.0. The molecule has 0 saturated carbocycles. The Morgan fingerprint density at radius 1 is 1.75 bits per heavy atom. The summed E-state index contributed by atoms with van der Waals surface area (Å²) in [6.07, 6.45) is 2.43. The summed E-state index contributed by atoms with van der Waals surface area (Å²) in [5.74, 6) is 5.81. The molecule has 2 bridgehead atoms. The summed E-state index contributed by atoms with van der Waals surface area (Å²) in [4.78, 5) is 0. The van der Waals surface area contributed by atoms with Crippen LogP contribution in [0.1, 0.15) is 12.8 Å². The van der Waals surface area contributed by atoms with Crippen molar-refractivity contribution in [3.63, 3.8) is 0 Å². The molecule has 2 saturated heterocycles. The number of methoxy groups -OCH3 is 1. The number of ether oxygens (including phenoxy) is 1. The van der Waals surface area contributed by atoms with Gasteiger partial charge in [0.25, 0.3) is 0 Å². The lowest BCUT2D eigenvalue weighted by Crippen LogP contribution is -2.63. The zero-order chi connectivity index (χ0) is 8.60. The largest absolute Gasteiger partial charge is 0.383 e. The molecule has 0 spiro atoms. The monoisotopic (exact) mass is 171 g/mol. The Balaban J connectivity index is 2.05. The number of nitrogens with two attached hydrogens (primary N) is 1. The van der Waals surface area contributed by atoms with Gasteiger partial charge in [0.2, 0.25) is 0 Å². The second kappa shape index (κ2) is 2.96. The van der Waals surface area contributed by atoms with Gasteiger partial charge in [-0.3, -0.25) is 5.84 Å². The van der Waals surface area contributed by atoms with E-state index in [4.69, 9.17) is 10.6 Å². The van der Waals surface area contributed by atoms with Crippen LogP contribution >= 0.6 is 0 Å². The Morgan fingerprint density at radius 3 is 3.33 bits per heavy atom. The molecule has 2 aliphatic heterocycles. The van der Waals surface area contributed by atoms with E-state index in [1.54, 1.807) is 7.11 Å². The molecule has 0 amide bonds. The van der Waals surface area contributed by atoms with Gasteiger partial charge in [-0.25, -0.2) is 5.01 Å². The van der Waals surface area contributed by atoms with Crippen LogP contribution in [0.3, 0.4) is 0 Å². The van der Waals surface area contributed by atoms with E-state index in [0.717, 1.165) is 19.7 Å². The van der Waals surface area contributed by atoms with Gasteiger partial charge in [0.05, 0.1) is 12.1 Å². The molecule has 0 aromatic heterocycles. The van der Waals surface area contributed by atoms with Crippen molar-refractivity contribution >= 4 is 0 Å². The lowest BCUT2D eigenvalue weighted by Gasteiger charge is -2.38. The Labute approximate surface area is 73.0 Å². The van der Waals surface area contributed by atoms with Gasteiger partial charge in [-0.1, -0.05) is 0 Å². The van der Waals surface area contributed by atoms with Crippen molar-refractivity contribution < 1.29 is 4.74 Å². The highest BCUT2D eigenvalue weighted by Gasteiger charge is 2.43. The van der Waals surface area contributed by atoms with E-state index in [1.807, 2.05) is 5.01 Å². The average Bonchev–Trinajstić information content (AvgIpc) is 2.27. The molecule has 3 N–H and O–H groups in total. The van der Waals surface area contributed by atoms with Gasteiger partial charge < -0.3 is 10.1 Å². The predicted molar refractivity (Wildman–Crippen MR) is 46.5 cm³/mol. The summed E-state index contributed by atoms with van der Waals surface area (Å²) in [6, 6.07) is 0.582. The molecule has 12 heavy (non-hydrogen) atoms. The summed E-state index contributed by atoms with van der Waals surface area (Å²) in [7, 11) is 1.75. The zero-order valence-corrected chi connectivity index (χ0v) is 7.55. The fourth-order valence-corrected chi connectivity index (χ4v) is 2.46. The number of rotatable bonds is 2. The van der Waals surface area contributed by atoms with E-state index in [2.05, 4.69) is 5.32 Å². The molecule has 2 fully saturated rings. The van der Waals surface area contributed by atoms with Crippen LogP contribution in [0, 0.1) is 0 Å². The Hall–Kier alpha value is -0.160. The quantitative estimate of drug-likeness (QED) is 0.540. The summed E-state index contributed by atoms with van der Waals surface area (Å²) in [5.41, 5.74) is 0.145. The number of hydrazine groups is 1. The van der Waals surface area contributed by atoms with Crippen molar-refractivity contribution in [2.45, 2.75) is 24.4 Å². The van der Waals surface area contributed by atoms with E-state index >= 15 is 0 Å². The van der Waals surface area contributed by atoms with Crippen LogP contribution in [0.15, 0.2) is 0 Å². The van der Waals surface area contributed by atoms with E-state index in [1.165, 1.54) is 12.8 Å². The number of hydrogen-bond donors (Lipinski definition) is 2. The molecule has 0 aliphatic carbocycles. The molecule has 4 heteroatoms. The number of hydrogen-bond acceptors (Lipinski definition) is 4. The maximum Gasteiger partial charge on any atom is 0.0657 e. The van der Waals surface area contributed by atoms with Crippen molar-refractivity contribution in [3.8, 4) is 0 Å². The van der Waals surface area contributed by atoms with Gasteiger partial charge in [0, 0.05) is 26.2 Å². The molecule has 0 aromatic rings. The van der Waals surface area contributed by atoms with Crippen molar-refractivity contribution in [1.82, 2.24) is 10.3 Å². The summed E-state index contributed by atoms with van der Waals surface area (Å²) in [5, 5.41) is 5.50. The molecular formula is C8H17N3O. The average molecular weight is 171 g/mol. The molecule has 2 aliphatic rings. The van der Waals surface area contributed by atoms with Crippen molar-refractivity contribution in [2.75, 3.05) is 26.8 Å². The Morgan fingerprint density at radius 2 is 2.58 bits per heavy atom. The van der Waals surface area contributed by atoms with E-state index < -0.39 is 0 Å². The van der Waals surface area contributed by atoms with Gasteiger partial charge in [-0.05, 0) is 12.8 Å². The first kappa shape index (κ1) is 8.44. The van der Waals surface area contributed by atoms with Gasteiger partial charge in [-0.2, -0.15) is 0 Å². The molecule has 2 atom stereocenters. The minimum atomic E-state index is 0.145. The third-order valence-electron chi connectivity index (χ3n) is 2.86. The Kier molecular flexibility index (Phi) is 2.08. The number of fused-ring (bicyclic) bond motifs is 2. The standard InChI is InChI=1S/C8H17N3O/c1-12-6-8-3-2-7(10-8)4-11(9)5-8/h7,10H,2-6,9H2,1H3. The van der Waals surface area contributed by atoms with Gasteiger partial charge in [0.1, 0.15) is 0 Å². The fraction of sp³-hybridized carbons (Fsp3) is 1.00. The van der Waals surface area contributed by atoms with Gasteiger partial charge in [-0.15, -0.1) is 0 Å². The summed E-state index contributed by atoms with van der Waals surface area (Å²) >= 11 is 0. The van der Waals surface area contributed by atoms with Crippen molar-refractivity contribution in [2.24, 2.45) is 5.84 Å². The minimum Gasteiger partial charge on any atom is -0.383 e. The second-order valence-corrected chi connectivity index (χ2v) is 4.02. The van der Waals surface area contributed by atoms with E-state index in [-0.39, 0.29) is 5.54 Å². The molecule has 70 valence electrons. The lowest BCUT2D eigenvalue weighted by atomic mass is 9.99. The van der Waals surface area contributed by atoms with Crippen LogP contribution in [0.5, 0.6) is 0 Å². The first-order valence-corrected chi connectivity index (χ1v) is 4.50. The first-order chi connectivity index (χ1) is 5.74. The fourth-order valence-electron chi connectivity index (χ4n) is 2.46. The van der Waals surface area contributed by atoms with Crippen LogP contribution in [-0.4, -0.2) is 43.4 Å². The van der Waals surface area contributed by atoms with Crippen molar-refractivity contribution in [3.05, 3.63) is 0 Å². The van der Waals surface area contributed by atoms with Crippen LogP contribution in [0.2, 0.25) is 0 Å². The van der Waals surface area contributed by atoms with Crippen LogP contribution in [0.25, 0.3) is 0 Å². The maximum absolute atomic E-state index is 5.81. The third kappa shape index (κ3) is 1.35. The predicted octanol–water partition coefficient (Wildman–Crippen LogP) is -0.687. The van der Waals surface area contributed by atoms with Crippen LogP contribution in [-0.2, 0) is 4.74 Å². The van der Waals surface area contributed by atoms with Crippen LogP contribution in [0.4, 0.5) is 0 Å². The van der Waals surface area contributed by atoms with Crippen LogP contribution < -0.4 is 11.2 Å². The molecule has 2 heterocycles. The molecule has 2 rings (SSSR count). The van der Waals surface area contributed by atoms with Gasteiger partial charge >= 0.3 is 0 Å². The lowest BCUT2D eigenvalue weighted by molar-refractivity contribution is 0.0614. The molecule has 0 aromatic carbocycles. The van der Waals surface area contributed by atoms with Crippen molar-refractivity contribution in [1.29, 1.82) is 0 Å². The third-order valence-corrected chi connectivity index (χ3v) is 2.86. The SMILES string of the molecule is COCC12CCC(CN(N)C1)N2. The second-order valence-electron chi connectivity index (χ2n) is 4.02. The molecule has 0 radical (unpaired) electrons. The number of nitrogens with one attached hydrogen (secondary N) is 1. The maximum atomic E-state index is 5.81. The van der Waals surface area contributed by atoms with E-state index in [9.17, 15) is 0 Å². The summed E-state index contributed by atoms with van der Waals surface area (Å²) < 4.78 is 5.21. The summed E-state index contributed by atoms with van der Waals surface area (Å²) in [6.45, 7) is 2.67. The van der Waals surface area contributed by atoms with Gasteiger partial charge in [0.15, 0.2) is 0 Å². The number of nitrogens with zero attached hydrogens (tertiary/aromatic N) is 1. The number of piperazine rings is 1. The minimum absolute atomic E-state index is 0.145.